The molecule has 1 aliphatic rings. The Kier molecular flexibility index (Phi) is 2.73. The third kappa shape index (κ3) is 2.18. The van der Waals surface area contributed by atoms with Crippen molar-refractivity contribution >= 4 is 17.4 Å². The van der Waals surface area contributed by atoms with Gasteiger partial charge in [-0.1, -0.05) is 17.7 Å². The number of hydrogen-bond acceptors (Lipinski definition) is 2. The van der Waals surface area contributed by atoms with Crippen LogP contribution in [0.2, 0.25) is 5.02 Å². The fourth-order valence-corrected chi connectivity index (χ4v) is 1.61. The van der Waals surface area contributed by atoms with Crippen molar-refractivity contribution < 1.29 is 13.9 Å². The first-order chi connectivity index (χ1) is 7.16. The Balaban J connectivity index is 2.26. The van der Waals surface area contributed by atoms with Crippen LogP contribution in [-0.4, -0.2) is 5.78 Å². The zero-order valence-electron chi connectivity index (χ0n) is 7.74. The lowest BCUT2D eigenvalue weighted by Gasteiger charge is -2.19. The Bertz CT molecular complexity index is 429. The zero-order chi connectivity index (χ0) is 10.8. The van der Waals surface area contributed by atoms with E-state index >= 15 is 0 Å². The van der Waals surface area contributed by atoms with Gasteiger partial charge in [-0.2, -0.15) is 0 Å². The molecule has 0 N–H and O–H groups in total. The second-order valence-electron chi connectivity index (χ2n) is 3.27. The molecule has 4 heteroatoms. The van der Waals surface area contributed by atoms with Gasteiger partial charge in [-0.15, -0.1) is 0 Å². The first kappa shape index (κ1) is 10.2. The van der Waals surface area contributed by atoms with Crippen molar-refractivity contribution in [3.8, 4) is 0 Å². The van der Waals surface area contributed by atoms with E-state index in [2.05, 4.69) is 0 Å². The average Bonchev–Trinajstić information content (AvgIpc) is 2.22. The van der Waals surface area contributed by atoms with E-state index in [4.69, 9.17) is 16.3 Å². The van der Waals surface area contributed by atoms with Crippen molar-refractivity contribution in [1.29, 1.82) is 0 Å². The van der Waals surface area contributed by atoms with Gasteiger partial charge in [0.25, 0.3) is 0 Å². The summed E-state index contributed by atoms with van der Waals surface area (Å²) >= 11 is 5.64. The van der Waals surface area contributed by atoms with E-state index in [1.54, 1.807) is 6.07 Å². The fraction of sp³-hybridized carbons (Fsp3) is 0.182. The van der Waals surface area contributed by atoms with Crippen molar-refractivity contribution in [2.45, 2.75) is 12.5 Å². The van der Waals surface area contributed by atoms with Gasteiger partial charge in [-0.3, -0.25) is 4.79 Å². The summed E-state index contributed by atoms with van der Waals surface area (Å²) < 4.78 is 18.1. The predicted molar refractivity (Wildman–Crippen MR) is 54.0 cm³/mol. The minimum absolute atomic E-state index is 0.00769. The van der Waals surface area contributed by atoms with E-state index in [9.17, 15) is 9.18 Å². The number of rotatable bonds is 1. The first-order valence-corrected chi connectivity index (χ1v) is 4.84. The summed E-state index contributed by atoms with van der Waals surface area (Å²) in [4.78, 5) is 11.1. The standard InChI is InChI=1S/C11H8ClFO2/c12-9-5-7(1-2-10(9)13)11-6-8(14)3-4-15-11/h1-5,11H,6H2. The summed E-state index contributed by atoms with van der Waals surface area (Å²) in [5.41, 5.74) is 0.708. The topological polar surface area (TPSA) is 26.3 Å². The Morgan fingerprint density at radius 3 is 2.93 bits per heavy atom. The van der Waals surface area contributed by atoms with E-state index in [1.165, 1.54) is 24.5 Å². The van der Waals surface area contributed by atoms with E-state index in [0.29, 0.717) is 5.56 Å². The predicted octanol–water partition coefficient (Wildman–Crippen LogP) is 3.02. The highest BCUT2D eigenvalue weighted by Crippen LogP contribution is 2.28. The van der Waals surface area contributed by atoms with Gasteiger partial charge in [0.1, 0.15) is 11.9 Å². The molecule has 0 aliphatic carbocycles. The molecule has 0 saturated heterocycles. The normalized spacial score (nSPS) is 20.1. The molecule has 0 saturated carbocycles. The van der Waals surface area contributed by atoms with Crippen LogP contribution in [0.3, 0.4) is 0 Å². The van der Waals surface area contributed by atoms with Crippen LogP contribution in [0.25, 0.3) is 0 Å². The highest BCUT2D eigenvalue weighted by atomic mass is 35.5. The SMILES string of the molecule is O=C1C=COC(c2ccc(F)c(Cl)c2)C1. The minimum Gasteiger partial charge on any atom is -0.493 e. The molecule has 1 heterocycles. The van der Waals surface area contributed by atoms with Crippen molar-refractivity contribution in [2.24, 2.45) is 0 Å². The molecule has 1 aromatic carbocycles. The number of allylic oxidation sites excluding steroid dienone is 1. The fourth-order valence-electron chi connectivity index (χ4n) is 1.42. The van der Waals surface area contributed by atoms with Crippen LogP contribution < -0.4 is 0 Å². The molecule has 0 bridgehead atoms. The number of ether oxygens (including phenoxy) is 1. The van der Waals surface area contributed by atoms with Gasteiger partial charge >= 0.3 is 0 Å². The third-order valence-corrected chi connectivity index (χ3v) is 2.49. The molecule has 0 spiro atoms. The monoisotopic (exact) mass is 226 g/mol. The maximum atomic E-state index is 12.9. The molecule has 0 amide bonds. The Morgan fingerprint density at radius 1 is 1.47 bits per heavy atom. The number of benzene rings is 1. The molecule has 15 heavy (non-hydrogen) atoms. The largest absolute Gasteiger partial charge is 0.493 e. The second-order valence-corrected chi connectivity index (χ2v) is 3.68. The summed E-state index contributed by atoms with van der Waals surface area (Å²) in [6, 6.07) is 4.32. The van der Waals surface area contributed by atoms with Crippen LogP contribution in [0.1, 0.15) is 18.1 Å². The van der Waals surface area contributed by atoms with Gasteiger partial charge in [0.2, 0.25) is 0 Å². The van der Waals surface area contributed by atoms with Crippen LogP contribution in [0.15, 0.2) is 30.5 Å². The molecule has 0 aromatic heterocycles. The van der Waals surface area contributed by atoms with Gasteiger partial charge in [-0.25, -0.2) is 4.39 Å². The molecule has 2 nitrogen and oxygen atoms in total. The summed E-state index contributed by atoms with van der Waals surface area (Å²) in [6.07, 6.45) is 2.63. The number of ketones is 1. The average molecular weight is 227 g/mol. The van der Waals surface area contributed by atoms with E-state index in [0.717, 1.165) is 0 Å². The lowest BCUT2D eigenvalue weighted by molar-refractivity contribution is -0.118. The van der Waals surface area contributed by atoms with Gasteiger partial charge in [-0.05, 0) is 17.7 Å². The molecule has 1 aliphatic heterocycles. The smallest absolute Gasteiger partial charge is 0.162 e. The maximum absolute atomic E-state index is 12.9. The van der Waals surface area contributed by atoms with Crippen molar-refractivity contribution in [3.05, 3.63) is 46.9 Å². The summed E-state index contributed by atoms with van der Waals surface area (Å²) in [5.74, 6) is -0.482. The highest BCUT2D eigenvalue weighted by Gasteiger charge is 2.19. The quantitative estimate of drug-likeness (QED) is 0.736. The number of halogens is 2. The van der Waals surface area contributed by atoms with Crippen LogP contribution in [0.5, 0.6) is 0 Å². The Labute approximate surface area is 91.3 Å². The molecular formula is C11H8ClFO2. The number of hydrogen-bond donors (Lipinski definition) is 0. The number of carbonyl (C=O) groups excluding carboxylic acids is 1. The third-order valence-electron chi connectivity index (χ3n) is 2.20. The second kappa shape index (κ2) is 4.03. The maximum Gasteiger partial charge on any atom is 0.162 e. The number of carbonyl (C=O) groups is 1. The zero-order valence-corrected chi connectivity index (χ0v) is 8.50. The lowest BCUT2D eigenvalue weighted by Crippen LogP contribution is -2.11. The van der Waals surface area contributed by atoms with E-state index in [1.807, 2.05) is 0 Å². The molecule has 78 valence electrons. The minimum atomic E-state index is -0.474. The molecule has 1 atom stereocenters. The van der Waals surface area contributed by atoms with Crippen molar-refractivity contribution in [1.82, 2.24) is 0 Å². The molecule has 1 aromatic rings. The molecule has 0 fully saturated rings. The Hall–Kier alpha value is -1.35. The molecule has 2 rings (SSSR count). The van der Waals surface area contributed by atoms with E-state index in [-0.39, 0.29) is 23.3 Å². The molecular weight excluding hydrogens is 219 g/mol. The molecule has 0 radical (unpaired) electrons. The van der Waals surface area contributed by atoms with Crippen molar-refractivity contribution in [3.63, 3.8) is 0 Å². The van der Waals surface area contributed by atoms with Gasteiger partial charge < -0.3 is 4.74 Å². The summed E-state index contributed by atoms with van der Waals surface area (Å²) in [5, 5.41) is 0.0399. The van der Waals surface area contributed by atoms with Gasteiger partial charge in [0.05, 0.1) is 17.7 Å². The summed E-state index contributed by atoms with van der Waals surface area (Å²) in [7, 11) is 0. The van der Waals surface area contributed by atoms with Crippen molar-refractivity contribution in [2.75, 3.05) is 0 Å². The lowest BCUT2D eigenvalue weighted by atomic mass is 10.0. The van der Waals surface area contributed by atoms with Gasteiger partial charge in [0, 0.05) is 6.08 Å². The highest BCUT2D eigenvalue weighted by molar-refractivity contribution is 6.30. The first-order valence-electron chi connectivity index (χ1n) is 4.46. The molecule has 1 unspecified atom stereocenters. The Morgan fingerprint density at radius 2 is 2.27 bits per heavy atom. The van der Waals surface area contributed by atoms with Crippen LogP contribution >= 0.6 is 11.6 Å². The van der Waals surface area contributed by atoms with Gasteiger partial charge in [0.15, 0.2) is 5.78 Å². The van der Waals surface area contributed by atoms with Crippen LogP contribution in [0, 0.1) is 5.82 Å². The van der Waals surface area contributed by atoms with E-state index < -0.39 is 5.82 Å². The van der Waals surface area contributed by atoms with Crippen LogP contribution in [0.4, 0.5) is 4.39 Å². The summed E-state index contributed by atoms with van der Waals surface area (Å²) in [6.45, 7) is 0. The van der Waals surface area contributed by atoms with Crippen LogP contribution in [-0.2, 0) is 9.53 Å².